The predicted molar refractivity (Wildman–Crippen MR) is 62.1 cm³/mol. The maximum absolute atomic E-state index is 13.0. The Bertz CT molecular complexity index is 632. The highest BCUT2D eigenvalue weighted by atomic mass is 19.4. The van der Waals surface area contributed by atoms with Gasteiger partial charge in [-0.25, -0.2) is 9.48 Å². The van der Waals surface area contributed by atoms with Gasteiger partial charge in [-0.2, -0.15) is 18.3 Å². The van der Waals surface area contributed by atoms with Gasteiger partial charge in [0, 0.05) is 0 Å². The van der Waals surface area contributed by atoms with Crippen LogP contribution in [0.25, 0.3) is 5.69 Å². The standard InChI is InChI=1S/C12H9F3N2O3/c1-20-8-4-2-7(3-5-8)17-10(12(13,14)15)9(6-16-17)11(18)19/h2-6H,1H3,(H,18,19). The summed E-state index contributed by atoms with van der Waals surface area (Å²) in [6, 6.07) is 5.62. The van der Waals surface area contributed by atoms with Crippen LogP contribution in [-0.2, 0) is 6.18 Å². The van der Waals surface area contributed by atoms with Crippen molar-refractivity contribution in [3.8, 4) is 11.4 Å². The van der Waals surface area contributed by atoms with Crippen molar-refractivity contribution in [3.05, 3.63) is 41.7 Å². The van der Waals surface area contributed by atoms with Crippen molar-refractivity contribution in [2.45, 2.75) is 6.18 Å². The van der Waals surface area contributed by atoms with E-state index in [0.717, 1.165) is 0 Å². The van der Waals surface area contributed by atoms with Crippen LogP contribution >= 0.6 is 0 Å². The van der Waals surface area contributed by atoms with Crippen LogP contribution in [0.2, 0.25) is 0 Å². The topological polar surface area (TPSA) is 64.4 Å². The first-order chi connectivity index (χ1) is 9.34. The Labute approximate surface area is 111 Å². The molecule has 5 nitrogen and oxygen atoms in total. The van der Waals surface area contributed by atoms with Gasteiger partial charge < -0.3 is 9.84 Å². The van der Waals surface area contributed by atoms with Crippen molar-refractivity contribution in [1.29, 1.82) is 0 Å². The molecule has 0 atom stereocenters. The van der Waals surface area contributed by atoms with Gasteiger partial charge in [0.05, 0.1) is 19.0 Å². The van der Waals surface area contributed by atoms with Gasteiger partial charge in [-0.05, 0) is 24.3 Å². The Morgan fingerprint density at radius 3 is 2.35 bits per heavy atom. The number of methoxy groups -OCH3 is 1. The molecule has 0 aliphatic rings. The van der Waals surface area contributed by atoms with E-state index in [9.17, 15) is 18.0 Å². The molecule has 0 unspecified atom stereocenters. The Hall–Kier alpha value is -2.51. The fourth-order valence-electron chi connectivity index (χ4n) is 1.70. The highest BCUT2D eigenvalue weighted by molar-refractivity contribution is 5.89. The van der Waals surface area contributed by atoms with Gasteiger partial charge in [-0.15, -0.1) is 0 Å². The van der Waals surface area contributed by atoms with Gasteiger partial charge in [-0.3, -0.25) is 0 Å². The zero-order valence-corrected chi connectivity index (χ0v) is 10.2. The van der Waals surface area contributed by atoms with Gasteiger partial charge in [0.25, 0.3) is 0 Å². The second-order valence-electron chi connectivity index (χ2n) is 3.82. The van der Waals surface area contributed by atoms with Crippen LogP contribution in [-0.4, -0.2) is 28.0 Å². The van der Waals surface area contributed by atoms with Crippen molar-refractivity contribution >= 4 is 5.97 Å². The molecule has 1 heterocycles. The van der Waals surface area contributed by atoms with E-state index >= 15 is 0 Å². The number of nitrogens with zero attached hydrogens (tertiary/aromatic N) is 2. The average molecular weight is 286 g/mol. The molecule has 0 saturated carbocycles. The van der Waals surface area contributed by atoms with Crippen molar-refractivity contribution in [1.82, 2.24) is 9.78 Å². The summed E-state index contributed by atoms with van der Waals surface area (Å²) in [5.41, 5.74) is -2.13. The summed E-state index contributed by atoms with van der Waals surface area (Å²) in [6.07, 6.45) is -4.15. The number of hydrogen-bond acceptors (Lipinski definition) is 3. The Balaban J connectivity index is 2.59. The second-order valence-corrected chi connectivity index (χ2v) is 3.82. The third-order valence-corrected chi connectivity index (χ3v) is 2.59. The smallest absolute Gasteiger partial charge is 0.434 e. The Kier molecular flexibility index (Phi) is 3.39. The Morgan fingerprint density at radius 2 is 1.90 bits per heavy atom. The summed E-state index contributed by atoms with van der Waals surface area (Å²) >= 11 is 0. The third-order valence-electron chi connectivity index (χ3n) is 2.59. The molecule has 20 heavy (non-hydrogen) atoms. The molecular formula is C12H9F3N2O3. The molecule has 0 aliphatic heterocycles. The van der Waals surface area contributed by atoms with Gasteiger partial charge in [0.2, 0.25) is 0 Å². The van der Waals surface area contributed by atoms with Gasteiger partial charge >= 0.3 is 12.1 Å². The number of aromatic carboxylic acids is 1. The summed E-state index contributed by atoms with van der Waals surface area (Å²) in [5, 5.41) is 12.3. The lowest BCUT2D eigenvalue weighted by molar-refractivity contribution is -0.143. The maximum atomic E-state index is 13.0. The summed E-state index contributed by atoms with van der Waals surface area (Å²) in [7, 11) is 1.42. The monoisotopic (exact) mass is 286 g/mol. The number of aromatic nitrogens is 2. The minimum absolute atomic E-state index is 0.0885. The van der Waals surface area contributed by atoms with Gasteiger partial charge in [0.1, 0.15) is 11.3 Å². The number of carboxylic acids is 1. The van der Waals surface area contributed by atoms with E-state index in [-0.39, 0.29) is 5.69 Å². The van der Waals surface area contributed by atoms with Crippen LogP contribution in [0.15, 0.2) is 30.5 Å². The molecule has 1 aromatic carbocycles. The number of halogens is 3. The minimum Gasteiger partial charge on any atom is -0.497 e. The van der Waals surface area contributed by atoms with E-state index in [1.54, 1.807) is 0 Å². The van der Waals surface area contributed by atoms with E-state index < -0.39 is 23.4 Å². The number of carbonyl (C=O) groups is 1. The number of ether oxygens (including phenoxy) is 1. The number of benzene rings is 1. The summed E-state index contributed by atoms with van der Waals surface area (Å²) in [4.78, 5) is 10.8. The quantitative estimate of drug-likeness (QED) is 0.942. The lowest BCUT2D eigenvalue weighted by Crippen LogP contribution is -2.17. The normalized spacial score (nSPS) is 11.4. The average Bonchev–Trinajstić information content (AvgIpc) is 2.83. The lowest BCUT2D eigenvalue weighted by Gasteiger charge is -2.11. The molecule has 1 aromatic heterocycles. The van der Waals surface area contributed by atoms with Gasteiger partial charge in [-0.1, -0.05) is 0 Å². The molecule has 0 spiro atoms. The Morgan fingerprint density at radius 1 is 1.30 bits per heavy atom. The van der Waals surface area contributed by atoms with Crippen LogP contribution in [0.4, 0.5) is 13.2 Å². The molecule has 2 rings (SSSR count). The van der Waals surface area contributed by atoms with E-state index in [2.05, 4.69) is 5.10 Å². The van der Waals surface area contributed by atoms with Crippen LogP contribution in [0.1, 0.15) is 16.1 Å². The van der Waals surface area contributed by atoms with Crippen LogP contribution in [0.5, 0.6) is 5.75 Å². The first-order valence-corrected chi connectivity index (χ1v) is 5.37. The number of carboxylic acid groups (broad SMARTS) is 1. The molecule has 1 N–H and O–H groups in total. The first kappa shape index (κ1) is 13.9. The summed E-state index contributed by atoms with van der Waals surface area (Å²) in [5.74, 6) is -1.22. The van der Waals surface area contributed by atoms with Crippen molar-refractivity contribution in [2.24, 2.45) is 0 Å². The van der Waals surface area contributed by atoms with Crippen molar-refractivity contribution in [2.75, 3.05) is 7.11 Å². The molecule has 2 aromatic rings. The predicted octanol–water partition coefficient (Wildman–Crippen LogP) is 2.60. The molecule has 0 aliphatic carbocycles. The SMILES string of the molecule is COc1ccc(-n2ncc(C(=O)O)c2C(F)(F)F)cc1. The van der Waals surface area contributed by atoms with E-state index in [1.165, 1.54) is 31.4 Å². The highest BCUT2D eigenvalue weighted by Crippen LogP contribution is 2.33. The van der Waals surface area contributed by atoms with E-state index in [4.69, 9.17) is 9.84 Å². The molecule has 0 bridgehead atoms. The number of alkyl halides is 3. The third kappa shape index (κ3) is 2.44. The zero-order valence-electron chi connectivity index (χ0n) is 10.2. The first-order valence-electron chi connectivity index (χ1n) is 5.37. The van der Waals surface area contributed by atoms with Crippen molar-refractivity contribution in [3.63, 3.8) is 0 Å². The second kappa shape index (κ2) is 4.87. The molecule has 8 heteroatoms. The number of rotatable bonds is 3. The number of hydrogen-bond donors (Lipinski definition) is 1. The highest BCUT2D eigenvalue weighted by Gasteiger charge is 2.40. The molecule has 0 amide bonds. The molecular weight excluding hydrogens is 277 g/mol. The van der Waals surface area contributed by atoms with Crippen LogP contribution < -0.4 is 4.74 Å². The molecule has 0 radical (unpaired) electrons. The largest absolute Gasteiger partial charge is 0.497 e. The fourth-order valence-corrected chi connectivity index (χ4v) is 1.70. The van der Waals surface area contributed by atoms with Crippen LogP contribution in [0.3, 0.4) is 0 Å². The minimum atomic E-state index is -4.83. The lowest BCUT2D eigenvalue weighted by atomic mass is 10.2. The van der Waals surface area contributed by atoms with Gasteiger partial charge in [0.15, 0.2) is 5.69 Å². The van der Waals surface area contributed by atoms with E-state index in [0.29, 0.717) is 16.6 Å². The van der Waals surface area contributed by atoms with E-state index in [1.807, 2.05) is 0 Å². The van der Waals surface area contributed by atoms with Crippen molar-refractivity contribution < 1.29 is 27.8 Å². The molecule has 106 valence electrons. The summed E-state index contributed by atoms with van der Waals surface area (Å²) in [6.45, 7) is 0. The molecule has 0 fully saturated rings. The van der Waals surface area contributed by atoms with Crippen LogP contribution in [0, 0.1) is 0 Å². The summed E-state index contributed by atoms with van der Waals surface area (Å²) < 4.78 is 44.4. The molecule has 0 saturated heterocycles. The fraction of sp³-hybridized carbons (Fsp3) is 0.167. The zero-order chi connectivity index (χ0) is 14.9. The maximum Gasteiger partial charge on any atom is 0.434 e.